The summed E-state index contributed by atoms with van der Waals surface area (Å²) in [5.41, 5.74) is 1.11. The number of aromatic amines is 2. The van der Waals surface area contributed by atoms with Crippen LogP contribution in [0.5, 0.6) is 0 Å². The van der Waals surface area contributed by atoms with Crippen molar-refractivity contribution in [1.82, 2.24) is 24.9 Å². The number of nitrogens with zero attached hydrogens (tertiary/aromatic N) is 3. The Morgan fingerprint density at radius 2 is 1.93 bits per heavy atom. The van der Waals surface area contributed by atoms with Crippen molar-refractivity contribution in [2.24, 2.45) is 0 Å². The van der Waals surface area contributed by atoms with Gasteiger partial charge in [-0.1, -0.05) is 0 Å². The van der Waals surface area contributed by atoms with E-state index in [0.717, 1.165) is 0 Å². The van der Waals surface area contributed by atoms with E-state index in [0.29, 0.717) is 27.6 Å². The number of alkyl halides is 3. The van der Waals surface area contributed by atoms with E-state index in [9.17, 15) is 18.0 Å². The summed E-state index contributed by atoms with van der Waals surface area (Å²) in [6.45, 7) is -1.22. The second-order valence-corrected chi connectivity index (χ2v) is 5.69. The van der Waals surface area contributed by atoms with Crippen LogP contribution in [0.15, 0.2) is 41.6 Å². The molecule has 0 saturated carbocycles. The van der Waals surface area contributed by atoms with Crippen molar-refractivity contribution in [3.63, 3.8) is 0 Å². The average molecular weight is 375 g/mol. The predicted molar refractivity (Wildman–Crippen MR) is 94.1 cm³/mol. The minimum Gasteiger partial charge on any atom is -0.360 e. The van der Waals surface area contributed by atoms with Crippen LogP contribution in [0.4, 0.5) is 30.6 Å². The lowest BCUT2D eigenvalue weighted by atomic mass is 10.2. The van der Waals surface area contributed by atoms with Crippen molar-refractivity contribution in [2.75, 3.05) is 17.2 Å². The first kappa shape index (κ1) is 16.8. The number of rotatable bonds is 4. The summed E-state index contributed by atoms with van der Waals surface area (Å²) < 4.78 is 37.6. The number of anilines is 3. The first-order valence-electron chi connectivity index (χ1n) is 7.79. The Balaban J connectivity index is 1.68. The third-order valence-electron chi connectivity index (χ3n) is 3.77. The second-order valence-electron chi connectivity index (χ2n) is 5.69. The molecule has 11 heteroatoms. The molecule has 0 amide bonds. The highest BCUT2D eigenvalue weighted by molar-refractivity contribution is 5.88. The Hall–Kier alpha value is -3.63. The molecule has 27 heavy (non-hydrogen) atoms. The van der Waals surface area contributed by atoms with Crippen LogP contribution in [0, 0.1) is 0 Å². The molecule has 3 heterocycles. The van der Waals surface area contributed by atoms with E-state index in [2.05, 4.69) is 35.6 Å². The molecule has 0 aliphatic rings. The van der Waals surface area contributed by atoms with E-state index >= 15 is 0 Å². The molecular formula is C16H12F3N7O. The highest BCUT2D eigenvalue weighted by Gasteiger charge is 2.27. The van der Waals surface area contributed by atoms with E-state index in [-0.39, 0.29) is 17.3 Å². The molecule has 0 radical (unpaired) electrons. The molecule has 4 rings (SSSR count). The number of halogens is 3. The topological polar surface area (TPSA) is 111 Å². The van der Waals surface area contributed by atoms with Crippen LogP contribution in [0.2, 0.25) is 0 Å². The molecule has 0 unspecified atom stereocenters. The van der Waals surface area contributed by atoms with Gasteiger partial charge in [0.05, 0.1) is 22.6 Å². The Bertz CT molecular complexity index is 1180. The lowest BCUT2D eigenvalue weighted by Gasteiger charge is -2.12. The summed E-state index contributed by atoms with van der Waals surface area (Å²) in [6.07, 6.45) is -1.53. The lowest BCUT2D eigenvalue weighted by Crippen LogP contribution is -2.22. The zero-order valence-electron chi connectivity index (χ0n) is 13.6. The van der Waals surface area contributed by atoms with Gasteiger partial charge in [0.25, 0.3) is 5.56 Å². The van der Waals surface area contributed by atoms with E-state index < -0.39 is 12.7 Å². The first-order chi connectivity index (χ1) is 12.9. The predicted octanol–water partition coefficient (Wildman–Crippen LogP) is 2.91. The van der Waals surface area contributed by atoms with Gasteiger partial charge in [0.15, 0.2) is 0 Å². The fourth-order valence-electron chi connectivity index (χ4n) is 2.59. The van der Waals surface area contributed by atoms with Gasteiger partial charge in [-0.25, -0.2) is 4.98 Å². The summed E-state index contributed by atoms with van der Waals surface area (Å²) >= 11 is 0. The van der Waals surface area contributed by atoms with Gasteiger partial charge >= 0.3 is 6.18 Å². The zero-order valence-corrected chi connectivity index (χ0v) is 13.6. The van der Waals surface area contributed by atoms with E-state index in [4.69, 9.17) is 0 Å². The van der Waals surface area contributed by atoms with E-state index in [1.165, 1.54) is 6.33 Å². The molecule has 1 aromatic carbocycles. The van der Waals surface area contributed by atoms with Crippen molar-refractivity contribution in [2.45, 2.75) is 6.18 Å². The number of H-pyrrole nitrogens is 2. The number of hydrogen-bond donors (Lipinski definition) is 4. The van der Waals surface area contributed by atoms with Crippen LogP contribution in [-0.4, -0.2) is 37.6 Å². The van der Waals surface area contributed by atoms with Crippen molar-refractivity contribution in [3.05, 3.63) is 47.1 Å². The van der Waals surface area contributed by atoms with Gasteiger partial charge in [0.1, 0.15) is 18.0 Å². The van der Waals surface area contributed by atoms with Gasteiger partial charge in [-0.05, 0) is 24.3 Å². The average Bonchev–Trinajstić information content (AvgIpc) is 3.08. The minimum absolute atomic E-state index is 0.0523. The maximum Gasteiger partial charge on any atom is 0.405 e. The van der Waals surface area contributed by atoms with E-state index in [1.807, 2.05) is 0 Å². The number of hydrogen-bond acceptors (Lipinski definition) is 6. The zero-order chi connectivity index (χ0) is 19.0. The Kier molecular flexibility index (Phi) is 3.90. The summed E-state index contributed by atoms with van der Waals surface area (Å²) in [6, 6.07) is 6.42. The molecule has 0 spiro atoms. The molecular weight excluding hydrogens is 363 g/mol. The largest absolute Gasteiger partial charge is 0.405 e. The maximum atomic E-state index is 12.5. The number of aromatic nitrogens is 5. The first-order valence-corrected chi connectivity index (χ1v) is 7.79. The van der Waals surface area contributed by atoms with Crippen molar-refractivity contribution < 1.29 is 13.2 Å². The molecule has 0 aliphatic heterocycles. The smallest absolute Gasteiger partial charge is 0.360 e. The molecule has 0 atom stereocenters. The van der Waals surface area contributed by atoms with Crippen LogP contribution in [0.25, 0.3) is 21.9 Å². The van der Waals surface area contributed by atoms with Crippen LogP contribution in [0.3, 0.4) is 0 Å². The quantitative estimate of drug-likeness (QED) is 0.436. The monoisotopic (exact) mass is 375 g/mol. The van der Waals surface area contributed by atoms with Crippen molar-refractivity contribution >= 4 is 39.4 Å². The fourth-order valence-corrected chi connectivity index (χ4v) is 2.59. The van der Waals surface area contributed by atoms with Gasteiger partial charge in [-0.3, -0.25) is 4.79 Å². The molecule has 4 N–H and O–H groups in total. The van der Waals surface area contributed by atoms with Gasteiger partial charge < -0.3 is 20.6 Å². The third-order valence-corrected chi connectivity index (χ3v) is 3.77. The fraction of sp³-hybridized carbons (Fsp3) is 0.125. The molecule has 138 valence electrons. The Labute approximate surface area is 148 Å². The molecule has 4 aromatic rings. The SMILES string of the molecule is O=c1[nH]cnc2cc(Nc3nc(NCC(F)(F)F)c4cc[nH]c4n3)ccc12. The summed E-state index contributed by atoms with van der Waals surface area (Å²) in [5, 5.41) is 6.06. The number of fused-ring (bicyclic) bond motifs is 2. The van der Waals surface area contributed by atoms with Crippen LogP contribution in [-0.2, 0) is 0 Å². The maximum absolute atomic E-state index is 12.5. The highest BCUT2D eigenvalue weighted by Crippen LogP contribution is 2.25. The highest BCUT2D eigenvalue weighted by atomic mass is 19.4. The summed E-state index contributed by atoms with van der Waals surface area (Å²) in [7, 11) is 0. The molecule has 8 nitrogen and oxygen atoms in total. The standard InChI is InChI=1S/C16H12F3N7O/c17-16(18,19)6-21-13-10-3-4-20-12(10)25-15(26-13)24-8-1-2-9-11(5-8)22-7-23-14(9)27/h1-5,7H,6H2,(H,22,23,27)(H3,20,21,24,25,26). The van der Waals surface area contributed by atoms with Gasteiger partial charge in [0.2, 0.25) is 5.95 Å². The van der Waals surface area contributed by atoms with Gasteiger partial charge in [-0.2, -0.15) is 23.1 Å². The van der Waals surface area contributed by atoms with Crippen LogP contribution >= 0.6 is 0 Å². The third kappa shape index (κ3) is 3.52. The van der Waals surface area contributed by atoms with Crippen LogP contribution < -0.4 is 16.2 Å². The lowest BCUT2D eigenvalue weighted by molar-refractivity contribution is -0.115. The normalized spacial score (nSPS) is 11.8. The summed E-state index contributed by atoms with van der Waals surface area (Å²) in [4.78, 5) is 29.5. The van der Waals surface area contributed by atoms with E-state index in [1.54, 1.807) is 30.5 Å². The molecule has 0 aliphatic carbocycles. The number of benzene rings is 1. The number of nitrogens with one attached hydrogen (secondary N) is 4. The minimum atomic E-state index is -4.38. The Morgan fingerprint density at radius 3 is 2.74 bits per heavy atom. The van der Waals surface area contributed by atoms with Crippen LogP contribution in [0.1, 0.15) is 0 Å². The van der Waals surface area contributed by atoms with Gasteiger partial charge in [0, 0.05) is 11.9 Å². The second kappa shape index (κ2) is 6.27. The summed E-state index contributed by atoms with van der Waals surface area (Å²) in [5.74, 6) is 0.148. The Morgan fingerprint density at radius 1 is 1.07 bits per heavy atom. The van der Waals surface area contributed by atoms with Crippen molar-refractivity contribution in [1.29, 1.82) is 0 Å². The molecule has 0 bridgehead atoms. The van der Waals surface area contributed by atoms with Crippen molar-refractivity contribution in [3.8, 4) is 0 Å². The van der Waals surface area contributed by atoms with Gasteiger partial charge in [-0.15, -0.1) is 0 Å². The molecule has 0 saturated heterocycles. The molecule has 3 aromatic heterocycles. The molecule has 0 fully saturated rings.